The van der Waals surface area contributed by atoms with Gasteiger partial charge in [-0.25, -0.2) is 4.39 Å². The van der Waals surface area contributed by atoms with Gasteiger partial charge in [-0.15, -0.1) is 0 Å². The van der Waals surface area contributed by atoms with E-state index in [1.807, 2.05) is 0 Å². The minimum atomic E-state index is -0.601. The smallest absolute Gasteiger partial charge is 0.323 e. The molecule has 0 aliphatic rings. The third-order valence-electron chi connectivity index (χ3n) is 1.98. The zero-order chi connectivity index (χ0) is 12.0. The van der Waals surface area contributed by atoms with Crippen molar-refractivity contribution >= 4 is 17.7 Å². The van der Waals surface area contributed by atoms with E-state index in [9.17, 15) is 9.18 Å². The summed E-state index contributed by atoms with van der Waals surface area (Å²) in [5, 5.41) is 0. The number of hydrogen-bond donors (Lipinski definition) is 1. The van der Waals surface area contributed by atoms with Crippen LogP contribution in [0.5, 0.6) is 0 Å². The maximum Gasteiger partial charge on any atom is 0.323 e. The summed E-state index contributed by atoms with van der Waals surface area (Å²) >= 11 is 1.52. The van der Waals surface area contributed by atoms with Crippen LogP contribution in [0.25, 0.3) is 0 Å². The number of esters is 1. The lowest BCUT2D eigenvalue weighted by Gasteiger charge is -2.08. The predicted molar refractivity (Wildman–Crippen MR) is 62.6 cm³/mol. The number of nitrogens with two attached hydrogens (primary N) is 1. The Morgan fingerprint density at radius 3 is 2.69 bits per heavy atom. The largest absolute Gasteiger partial charge is 0.468 e. The molecule has 2 N–H and O–H groups in total. The molecule has 0 aliphatic heterocycles. The molecule has 0 fully saturated rings. The SMILES string of the molecule is COC(=O)[C@H](N)CSCc1ccc(F)cc1. The van der Waals surface area contributed by atoms with E-state index in [1.54, 1.807) is 12.1 Å². The quantitative estimate of drug-likeness (QED) is 0.797. The van der Waals surface area contributed by atoms with Crippen molar-refractivity contribution in [1.82, 2.24) is 0 Å². The van der Waals surface area contributed by atoms with Crippen molar-refractivity contribution < 1.29 is 13.9 Å². The fourth-order valence-corrected chi connectivity index (χ4v) is 2.04. The molecule has 1 aromatic rings. The van der Waals surface area contributed by atoms with Crippen molar-refractivity contribution in [3.05, 3.63) is 35.6 Å². The third kappa shape index (κ3) is 4.20. The fraction of sp³-hybridized carbons (Fsp3) is 0.364. The second kappa shape index (κ2) is 6.50. The molecule has 0 unspecified atom stereocenters. The van der Waals surface area contributed by atoms with Crippen LogP contribution in [0.1, 0.15) is 5.56 Å². The number of carbonyl (C=O) groups excluding carboxylic acids is 1. The second-order valence-electron chi connectivity index (χ2n) is 3.27. The molecule has 0 heterocycles. The standard InChI is InChI=1S/C11H14FNO2S/c1-15-11(14)10(13)7-16-6-8-2-4-9(12)5-3-8/h2-5,10H,6-7,13H2,1H3/t10-/m1/s1. The Kier molecular flexibility index (Phi) is 5.28. The summed E-state index contributed by atoms with van der Waals surface area (Å²) in [6.45, 7) is 0. The van der Waals surface area contributed by atoms with E-state index in [0.717, 1.165) is 5.56 Å². The van der Waals surface area contributed by atoms with Crippen LogP contribution in [0, 0.1) is 5.82 Å². The summed E-state index contributed by atoms with van der Waals surface area (Å²) in [7, 11) is 1.31. The van der Waals surface area contributed by atoms with Gasteiger partial charge in [-0.1, -0.05) is 12.1 Å². The molecular formula is C11H14FNO2S. The van der Waals surface area contributed by atoms with Crippen LogP contribution in [0.4, 0.5) is 4.39 Å². The van der Waals surface area contributed by atoms with Gasteiger partial charge in [-0.05, 0) is 17.7 Å². The molecule has 1 aromatic carbocycles. The highest BCUT2D eigenvalue weighted by Gasteiger charge is 2.12. The number of methoxy groups -OCH3 is 1. The first-order valence-corrected chi connectivity index (χ1v) is 5.94. The fourth-order valence-electron chi connectivity index (χ4n) is 1.10. The topological polar surface area (TPSA) is 52.3 Å². The normalized spacial score (nSPS) is 12.2. The van der Waals surface area contributed by atoms with E-state index in [4.69, 9.17) is 5.73 Å². The Morgan fingerprint density at radius 2 is 2.12 bits per heavy atom. The molecule has 3 nitrogen and oxygen atoms in total. The molecule has 0 aliphatic carbocycles. The Balaban J connectivity index is 2.30. The highest BCUT2D eigenvalue weighted by Crippen LogP contribution is 2.13. The lowest BCUT2D eigenvalue weighted by molar-refractivity contribution is -0.141. The molecule has 0 amide bonds. The van der Waals surface area contributed by atoms with E-state index >= 15 is 0 Å². The van der Waals surface area contributed by atoms with Crippen LogP contribution in [-0.4, -0.2) is 24.9 Å². The minimum absolute atomic E-state index is 0.250. The van der Waals surface area contributed by atoms with Crippen molar-refractivity contribution in [3.63, 3.8) is 0 Å². The summed E-state index contributed by atoms with van der Waals surface area (Å²) in [6, 6.07) is 5.65. The molecule has 1 rings (SSSR count). The van der Waals surface area contributed by atoms with E-state index in [2.05, 4.69) is 4.74 Å². The molecular weight excluding hydrogens is 229 g/mol. The van der Waals surface area contributed by atoms with Crippen molar-refractivity contribution in [2.45, 2.75) is 11.8 Å². The van der Waals surface area contributed by atoms with Gasteiger partial charge in [0, 0.05) is 11.5 Å². The van der Waals surface area contributed by atoms with Crippen molar-refractivity contribution in [2.75, 3.05) is 12.9 Å². The molecule has 0 radical (unpaired) electrons. The molecule has 16 heavy (non-hydrogen) atoms. The van der Waals surface area contributed by atoms with Crippen LogP contribution < -0.4 is 5.73 Å². The lowest BCUT2D eigenvalue weighted by Crippen LogP contribution is -2.33. The lowest BCUT2D eigenvalue weighted by atomic mass is 10.2. The number of halogens is 1. The summed E-state index contributed by atoms with van der Waals surface area (Å²) < 4.78 is 17.1. The number of thioether (sulfide) groups is 1. The van der Waals surface area contributed by atoms with Crippen molar-refractivity contribution in [1.29, 1.82) is 0 Å². The average Bonchev–Trinajstić information content (AvgIpc) is 2.30. The molecule has 0 aromatic heterocycles. The zero-order valence-corrected chi connectivity index (χ0v) is 9.80. The summed E-state index contributed by atoms with van der Waals surface area (Å²) in [5.41, 5.74) is 6.56. The summed E-state index contributed by atoms with van der Waals surface area (Å²) in [4.78, 5) is 11.0. The van der Waals surface area contributed by atoms with Crippen LogP contribution in [0.15, 0.2) is 24.3 Å². The van der Waals surface area contributed by atoms with Gasteiger partial charge >= 0.3 is 5.97 Å². The number of rotatable bonds is 5. The van der Waals surface area contributed by atoms with Gasteiger partial charge in [0.15, 0.2) is 0 Å². The van der Waals surface area contributed by atoms with Gasteiger partial charge in [0.1, 0.15) is 11.9 Å². The molecule has 0 saturated carbocycles. The second-order valence-corrected chi connectivity index (χ2v) is 4.30. The Morgan fingerprint density at radius 1 is 1.50 bits per heavy atom. The summed E-state index contributed by atoms with van der Waals surface area (Å²) in [6.07, 6.45) is 0. The highest BCUT2D eigenvalue weighted by molar-refractivity contribution is 7.98. The first kappa shape index (κ1) is 13.0. The molecule has 5 heteroatoms. The molecule has 1 atom stereocenters. The van der Waals surface area contributed by atoms with Gasteiger partial charge in [0.05, 0.1) is 7.11 Å². The first-order chi connectivity index (χ1) is 7.63. The van der Waals surface area contributed by atoms with Gasteiger partial charge in [0.25, 0.3) is 0 Å². The van der Waals surface area contributed by atoms with Gasteiger partial charge in [-0.3, -0.25) is 4.79 Å². The third-order valence-corrected chi connectivity index (χ3v) is 3.12. The summed E-state index contributed by atoms with van der Waals surface area (Å²) in [5.74, 6) is 0.529. The van der Waals surface area contributed by atoms with Crippen molar-refractivity contribution in [3.8, 4) is 0 Å². The van der Waals surface area contributed by atoms with E-state index < -0.39 is 12.0 Å². The number of carbonyl (C=O) groups is 1. The first-order valence-electron chi connectivity index (χ1n) is 4.79. The Bertz CT molecular complexity index is 342. The van der Waals surface area contributed by atoms with E-state index in [-0.39, 0.29) is 5.82 Å². The number of hydrogen-bond acceptors (Lipinski definition) is 4. The van der Waals surface area contributed by atoms with Crippen molar-refractivity contribution in [2.24, 2.45) is 5.73 Å². The van der Waals surface area contributed by atoms with Crippen LogP contribution in [0.3, 0.4) is 0 Å². The van der Waals surface area contributed by atoms with Crippen LogP contribution in [-0.2, 0) is 15.3 Å². The maximum absolute atomic E-state index is 12.6. The number of ether oxygens (including phenoxy) is 1. The van der Waals surface area contributed by atoms with E-state index in [0.29, 0.717) is 11.5 Å². The predicted octanol–water partition coefficient (Wildman–Crippen LogP) is 1.56. The molecule has 0 saturated heterocycles. The molecule has 0 spiro atoms. The highest BCUT2D eigenvalue weighted by atomic mass is 32.2. The van der Waals surface area contributed by atoms with Crippen LogP contribution in [0.2, 0.25) is 0 Å². The molecule has 0 bridgehead atoms. The van der Waals surface area contributed by atoms with E-state index in [1.165, 1.54) is 31.0 Å². The Labute approximate surface area is 98.2 Å². The van der Waals surface area contributed by atoms with Gasteiger partial charge in [-0.2, -0.15) is 11.8 Å². The minimum Gasteiger partial charge on any atom is -0.468 e. The zero-order valence-electron chi connectivity index (χ0n) is 8.98. The van der Waals surface area contributed by atoms with Gasteiger partial charge < -0.3 is 10.5 Å². The van der Waals surface area contributed by atoms with Gasteiger partial charge in [0.2, 0.25) is 0 Å². The monoisotopic (exact) mass is 243 g/mol. The average molecular weight is 243 g/mol. The van der Waals surface area contributed by atoms with Crippen LogP contribution >= 0.6 is 11.8 Å². The Hall–Kier alpha value is -1.07. The maximum atomic E-state index is 12.6. The molecule has 88 valence electrons. The number of benzene rings is 1.